The van der Waals surface area contributed by atoms with Crippen LogP contribution in [0.15, 0.2) is 87.3 Å². The largest absolute Gasteiger partial charge is 0.367 e. The Labute approximate surface area is 220 Å². The molecular weight excluding hydrogens is 467 g/mol. The average molecular weight is 505 g/mol. The predicted molar refractivity (Wildman–Crippen MR) is 151 cm³/mol. The van der Waals surface area contributed by atoms with E-state index in [9.17, 15) is 0 Å². The van der Waals surface area contributed by atoms with Gasteiger partial charge in [0.15, 0.2) is 0 Å². The van der Waals surface area contributed by atoms with Crippen molar-refractivity contribution < 1.29 is 4.39 Å². The number of rotatable bonds is 2. The van der Waals surface area contributed by atoms with Gasteiger partial charge in [-0.3, -0.25) is 4.99 Å². The molecule has 5 rings (SSSR count). The number of fused-ring (bicyclic) bond motifs is 1. The first-order valence-electron chi connectivity index (χ1n) is 13.2. The summed E-state index contributed by atoms with van der Waals surface area (Å²) in [4.78, 5) is 12.3. The Morgan fingerprint density at radius 2 is 1.83 bits per heavy atom. The van der Waals surface area contributed by atoms with Gasteiger partial charge in [0, 0.05) is 43.3 Å². The Hall–Kier alpha value is -2.57. The Kier molecular flexibility index (Phi) is 7.27. The van der Waals surface area contributed by atoms with Gasteiger partial charge < -0.3 is 14.7 Å². The van der Waals surface area contributed by atoms with Crippen LogP contribution < -0.4 is 0 Å². The molecule has 0 saturated carbocycles. The fraction of sp³-hybridized carbons (Fsp3) is 0.467. The fourth-order valence-corrected chi connectivity index (χ4v) is 5.86. The summed E-state index contributed by atoms with van der Waals surface area (Å²) in [5.74, 6) is 0.00853. The highest BCUT2D eigenvalue weighted by molar-refractivity contribution is 7.80. The molecule has 1 fully saturated rings. The number of halogens is 1. The predicted octanol–water partition coefficient (Wildman–Crippen LogP) is 6.60. The molecule has 6 heteroatoms. The molecule has 0 N–H and O–H groups in total. The van der Waals surface area contributed by atoms with E-state index in [1.807, 2.05) is 6.92 Å². The molecule has 0 aromatic carbocycles. The number of aliphatic imine (C=N–C) groups is 1. The minimum absolute atomic E-state index is 0.223. The van der Waals surface area contributed by atoms with Crippen LogP contribution in [0, 0.1) is 5.92 Å². The molecule has 36 heavy (non-hydrogen) atoms. The van der Waals surface area contributed by atoms with Crippen LogP contribution in [0.4, 0.5) is 4.39 Å². The molecule has 0 aromatic rings. The lowest BCUT2D eigenvalue weighted by Crippen LogP contribution is -2.49. The lowest BCUT2D eigenvalue weighted by Gasteiger charge is -2.41. The molecule has 1 aliphatic carbocycles. The summed E-state index contributed by atoms with van der Waals surface area (Å²) in [6, 6.07) is 0.512. The zero-order chi connectivity index (χ0) is 25.4. The van der Waals surface area contributed by atoms with E-state index in [-0.39, 0.29) is 11.7 Å². The quantitative estimate of drug-likeness (QED) is 0.395. The van der Waals surface area contributed by atoms with Gasteiger partial charge in [-0.1, -0.05) is 31.3 Å². The van der Waals surface area contributed by atoms with Crippen molar-refractivity contribution in [3.63, 3.8) is 0 Å². The molecule has 2 atom stereocenters. The van der Waals surface area contributed by atoms with E-state index in [0.717, 1.165) is 84.9 Å². The molecule has 5 aliphatic rings. The summed E-state index contributed by atoms with van der Waals surface area (Å²) < 4.78 is 15.5. The molecule has 4 heterocycles. The third-order valence-electron chi connectivity index (χ3n) is 8.10. The smallest absolute Gasteiger partial charge is 0.149 e. The molecular formula is C30H37FN4S. The minimum Gasteiger partial charge on any atom is -0.367 e. The van der Waals surface area contributed by atoms with Crippen molar-refractivity contribution in [1.82, 2.24) is 14.7 Å². The number of piperazine rings is 1. The highest BCUT2D eigenvalue weighted by Gasteiger charge is 2.26. The second-order valence-corrected chi connectivity index (χ2v) is 11.1. The van der Waals surface area contributed by atoms with Gasteiger partial charge in [-0.25, -0.2) is 4.39 Å². The molecule has 0 bridgehead atoms. The maximum absolute atomic E-state index is 15.5. The van der Waals surface area contributed by atoms with E-state index in [4.69, 9.17) is 12.2 Å². The Balaban J connectivity index is 1.44. The maximum atomic E-state index is 15.5. The van der Waals surface area contributed by atoms with Crippen LogP contribution in [-0.4, -0.2) is 58.1 Å². The Morgan fingerprint density at radius 3 is 2.64 bits per heavy atom. The molecule has 0 spiro atoms. The number of allylic oxidation sites excluding steroid dienone is 9. The topological polar surface area (TPSA) is 22.1 Å². The SMILES string of the molecule is CC1=NC2=C(CCC=C(/C3=C/C(=S)N4C=C(N5CCN(C)C(C)C5)C=CC4=CCC3C)C=C2F)CC1. The first kappa shape index (κ1) is 25.1. The van der Waals surface area contributed by atoms with Gasteiger partial charge in [-0.05, 0) is 99.9 Å². The summed E-state index contributed by atoms with van der Waals surface area (Å²) in [5, 5.41) is 0. The number of hydrogen-bond acceptors (Lipinski definition) is 4. The second kappa shape index (κ2) is 10.4. The van der Waals surface area contributed by atoms with Gasteiger partial charge >= 0.3 is 0 Å². The summed E-state index contributed by atoms with van der Waals surface area (Å²) in [6.07, 6.45) is 19.3. The zero-order valence-corrected chi connectivity index (χ0v) is 22.7. The summed E-state index contributed by atoms with van der Waals surface area (Å²) in [5.41, 5.74) is 7.06. The summed E-state index contributed by atoms with van der Waals surface area (Å²) in [7, 11) is 2.19. The van der Waals surface area contributed by atoms with Crippen molar-refractivity contribution >= 4 is 22.9 Å². The molecule has 4 nitrogen and oxygen atoms in total. The van der Waals surface area contributed by atoms with E-state index >= 15 is 4.39 Å². The van der Waals surface area contributed by atoms with Crippen LogP contribution in [0.2, 0.25) is 0 Å². The third-order valence-corrected chi connectivity index (χ3v) is 8.41. The van der Waals surface area contributed by atoms with Crippen LogP contribution in [-0.2, 0) is 0 Å². The normalized spacial score (nSPS) is 29.3. The van der Waals surface area contributed by atoms with Gasteiger partial charge in [-0.15, -0.1) is 0 Å². The van der Waals surface area contributed by atoms with Gasteiger partial charge in [0.05, 0.1) is 11.4 Å². The molecule has 0 radical (unpaired) electrons. The van der Waals surface area contributed by atoms with Crippen LogP contribution in [0.5, 0.6) is 0 Å². The lowest BCUT2D eigenvalue weighted by atomic mass is 9.86. The van der Waals surface area contributed by atoms with Crippen LogP contribution in [0.1, 0.15) is 52.9 Å². The number of thiocarbonyl (C=S) groups is 1. The van der Waals surface area contributed by atoms with Crippen molar-refractivity contribution in [3.8, 4) is 0 Å². The summed E-state index contributed by atoms with van der Waals surface area (Å²) >= 11 is 5.97. The van der Waals surface area contributed by atoms with Crippen molar-refractivity contribution in [3.05, 3.63) is 82.3 Å². The molecule has 4 aliphatic heterocycles. The summed E-state index contributed by atoms with van der Waals surface area (Å²) in [6.45, 7) is 9.53. The first-order chi connectivity index (χ1) is 17.3. The number of hydrogen-bond donors (Lipinski definition) is 0. The van der Waals surface area contributed by atoms with Gasteiger partial charge in [-0.2, -0.15) is 0 Å². The number of likely N-dealkylation sites (N-methyl/N-ethyl adjacent to an activating group) is 1. The van der Waals surface area contributed by atoms with Crippen LogP contribution in [0.3, 0.4) is 0 Å². The van der Waals surface area contributed by atoms with Crippen molar-refractivity contribution in [1.29, 1.82) is 0 Å². The van der Waals surface area contributed by atoms with Crippen LogP contribution >= 0.6 is 12.2 Å². The Bertz CT molecular complexity index is 1200. The molecule has 190 valence electrons. The van der Waals surface area contributed by atoms with Crippen molar-refractivity contribution in [2.24, 2.45) is 10.9 Å². The van der Waals surface area contributed by atoms with Crippen molar-refractivity contribution in [2.45, 2.75) is 58.9 Å². The van der Waals surface area contributed by atoms with E-state index in [1.54, 1.807) is 6.08 Å². The third kappa shape index (κ3) is 5.12. The van der Waals surface area contributed by atoms with E-state index in [1.165, 1.54) is 5.70 Å². The molecule has 1 saturated heterocycles. The van der Waals surface area contributed by atoms with E-state index < -0.39 is 0 Å². The minimum atomic E-state index is -0.223. The maximum Gasteiger partial charge on any atom is 0.149 e. The standard InChI is InChI=1S/C30H37FN4S/c1-20-8-11-25-12-13-26(34-15-14-33(4)22(3)18-34)19-35(25)29(36)17-27(20)24-7-5-6-23-10-9-21(2)32-30(23)28(31)16-24/h7,11-13,16-17,19-20,22H,5-6,8-10,14-15,18H2,1-4H3/b24-7?,25-11?,27-17+,28-16?. The van der Waals surface area contributed by atoms with E-state index in [2.05, 4.69) is 77.2 Å². The highest BCUT2D eigenvalue weighted by atomic mass is 32.1. The first-order valence-corrected chi connectivity index (χ1v) is 13.7. The van der Waals surface area contributed by atoms with Gasteiger partial charge in [0.2, 0.25) is 0 Å². The monoisotopic (exact) mass is 504 g/mol. The molecule has 0 amide bonds. The van der Waals surface area contributed by atoms with Crippen LogP contribution in [0.25, 0.3) is 0 Å². The highest BCUT2D eigenvalue weighted by Crippen LogP contribution is 2.36. The second-order valence-electron chi connectivity index (χ2n) is 10.7. The van der Waals surface area contributed by atoms with Gasteiger partial charge in [0.1, 0.15) is 10.8 Å². The van der Waals surface area contributed by atoms with E-state index in [0.29, 0.717) is 11.7 Å². The fourth-order valence-electron chi connectivity index (χ4n) is 5.57. The zero-order valence-electron chi connectivity index (χ0n) is 21.9. The van der Waals surface area contributed by atoms with Gasteiger partial charge in [0.25, 0.3) is 0 Å². The van der Waals surface area contributed by atoms with Crippen molar-refractivity contribution in [2.75, 3.05) is 26.7 Å². The number of nitrogens with zero attached hydrogens (tertiary/aromatic N) is 4. The molecule has 2 unspecified atom stereocenters. The molecule has 0 aromatic heterocycles. The average Bonchev–Trinajstić information content (AvgIpc) is 2.85. The Morgan fingerprint density at radius 1 is 1.03 bits per heavy atom. The lowest BCUT2D eigenvalue weighted by molar-refractivity contribution is 0.132.